The third-order valence-corrected chi connectivity index (χ3v) is 7.51. The molecule has 0 fully saturated rings. The van der Waals surface area contributed by atoms with Crippen molar-refractivity contribution in [1.29, 1.82) is 0 Å². The molecule has 3 amide bonds. The van der Waals surface area contributed by atoms with E-state index in [0.29, 0.717) is 5.56 Å². The first-order valence-corrected chi connectivity index (χ1v) is 14.4. The van der Waals surface area contributed by atoms with Gasteiger partial charge in [-0.1, -0.05) is 29.8 Å². The number of carbonyl (C=O) groups excluding carboxylic acids is 3. The Morgan fingerprint density at radius 2 is 1.70 bits per heavy atom. The molecule has 0 saturated carbocycles. The quantitative estimate of drug-likeness (QED) is 0.257. The lowest BCUT2D eigenvalue weighted by atomic mass is 10.0. The average molecular weight is 571 g/mol. The summed E-state index contributed by atoms with van der Waals surface area (Å²) in [5.74, 6) is -1.47. The van der Waals surface area contributed by atoms with Gasteiger partial charge in [0.15, 0.2) is 0 Å². The minimum Gasteiger partial charge on any atom is -0.353 e. The molecule has 11 nitrogen and oxygen atoms in total. The van der Waals surface area contributed by atoms with Gasteiger partial charge in [0.05, 0.1) is 17.4 Å². The molecule has 12 heteroatoms. The molecule has 0 radical (unpaired) electrons. The number of sulfonamides is 1. The van der Waals surface area contributed by atoms with Crippen LogP contribution in [0.4, 0.5) is 0 Å². The van der Waals surface area contributed by atoms with Crippen LogP contribution < -0.4 is 26.1 Å². The van der Waals surface area contributed by atoms with Crippen LogP contribution in [0.5, 0.6) is 0 Å². The van der Waals surface area contributed by atoms with E-state index in [1.165, 1.54) is 12.1 Å². The summed E-state index contributed by atoms with van der Waals surface area (Å²) in [4.78, 5) is 38.2. The predicted molar refractivity (Wildman–Crippen MR) is 152 cm³/mol. The average Bonchev–Trinajstić information content (AvgIpc) is 3.31. The maximum absolute atomic E-state index is 13.0. The first-order chi connectivity index (χ1) is 18.7. The zero-order valence-electron chi connectivity index (χ0n) is 23.4. The maximum atomic E-state index is 13.0. The normalized spacial score (nSPS) is 16.2. The van der Waals surface area contributed by atoms with Gasteiger partial charge in [0.1, 0.15) is 6.04 Å². The Kier molecular flexibility index (Phi) is 10.1. The van der Waals surface area contributed by atoms with Crippen LogP contribution in [0.2, 0.25) is 0 Å². The van der Waals surface area contributed by atoms with Gasteiger partial charge in [0, 0.05) is 37.4 Å². The van der Waals surface area contributed by atoms with Crippen molar-refractivity contribution in [3.05, 3.63) is 77.5 Å². The second kappa shape index (κ2) is 13.1. The van der Waals surface area contributed by atoms with E-state index in [0.717, 1.165) is 11.1 Å². The minimum atomic E-state index is -4.08. The fourth-order valence-corrected chi connectivity index (χ4v) is 5.26. The smallest absolute Gasteiger partial charge is 0.251 e. The van der Waals surface area contributed by atoms with Gasteiger partial charge in [-0.15, -0.1) is 0 Å². The van der Waals surface area contributed by atoms with Gasteiger partial charge in [-0.3, -0.25) is 14.4 Å². The van der Waals surface area contributed by atoms with Gasteiger partial charge in [0.25, 0.3) is 5.91 Å². The number of amides is 3. The molecule has 3 rings (SSSR count). The topological polar surface area (TPSA) is 149 Å². The third-order valence-electron chi connectivity index (χ3n) is 6.02. The molecule has 0 aromatic heterocycles. The molecule has 1 heterocycles. The summed E-state index contributed by atoms with van der Waals surface area (Å²) in [6.07, 6.45) is 3.42. The zero-order valence-corrected chi connectivity index (χ0v) is 24.3. The molecule has 1 aliphatic heterocycles. The Labute approximate surface area is 235 Å². The highest BCUT2D eigenvalue weighted by Gasteiger charge is 2.29. The summed E-state index contributed by atoms with van der Waals surface area (Å²) in [6, 6.07) is 12.1. The lowest BCUT2D eigenvalue weighted by Crippen LogP contribution is -2.51. The number of hydrazine groups is 1. The zero-order chi connectivity index (χ0) is 29.5. The number of carbonyl (C=O) groups is 3. The monoisotopic (exact) mass is 570 g/mol. The fraction of sp³-hybridized carbons (Fsp3) is 0.393. The molecule has 2 aromatic carbocycles. The number of hydrogen-bond acceptors (Lipinski definition) is 7. The summed E-state index contributed by atoms with van der Waals surface area (Å²) in [6.45, 7) is 7.32. The molecule has 5 N–H and O–H groups in total. The Hall–Kier alpha value is -3.74. The Morgan fingerprint density at radius 3 is 2.33 bits per heavy atom. The van der Waals surface area contributed by atoms with Crippen molar-refractivity contribution in [3.63, 3.8) is 0 Å². The molecular formula is C28H38N6O5S. The van der Waals surface area contributed by atoms with E-state index < -0.39 is 39.8 Å². The second-order valence-corrected chi connectivity index (χ2v) is 12.4. The van der Waals surface area contributed by atoms with E-state index in [1.807, 2.05) is 37.3 Å². The van der Waals surface area contributed by atoms with Crippen molar-refractivity contribution in [2.24, 2.45) is 0 Å². The van der Waals surface area contributed by atoms with E-state index in [2.05, 4.69) is 26.1 Å². The molecule has 216 valence electrons. The number of aryl methyl sites for hydroxylation is 1. The Morgan fingerprint density at radius 1 is 1.02 bits per heavy atom. The molecule has 0 bridgehead atoms. The van der Waals surface area contributed by atoms with Crippen molar-refractivity contribution in [3.8, 4) is 0 Å². The van der Waals surface area contributed by atoms with Gasteiger partial charge in [0.2, 0.25) is 21.8 Å². The fourth-order valence-electron chi connectivity index (χ4n) is 4.06. The largest absolute Gasteiger partial charge is 0.353 e. The number of nitrogens with zero attached hydrogens (tertiary/aromatic N) is 1. The third kappa shape index (κ3) is 8.90. The summed E-state index contributed by atoms with van der Waals surface area (Å²) < 4.78 is 28.3. The van der Waals surface area contributed by atoms with Crippen LogP contribution >= 0.6 is 0 Å². The van der Waals surface area contributed by atoms with Crippen LogP contribution in [0.25, 0.3) is 0 Å². The van der Waals surface area contributed by atoms with Crippen molar-refractivity contribution < 1.29 is 22.8 Å². The highest BCUT2D eigenvalue weighted by atomic mass is 32.2. The number of nitrogens with one attached hydrogen (secondary N) is 5. The summed E-state index contributed by atoms with van der Waals surface area (Å²) in [7, 11) is -2.18. The van der Waals surface area contributed by atoms with Gasteiger partial charge < -0.3 is 21.4 Å². The minimum absolute atomic E-state index is 0.00291. The first-order valence-electron chi connectivity index (χ1n) is 13.0. The molecule has 40 heavy (non-hydrogen) atoms. The lowest BCUT2D eigenvalue weighted by molar-refractivity contribution is -0.128. The Balaban J connectivity index is 1.60. The first kappa shape index (κ1) is 30.8. The molecule has 0 spiro atoms. The number of likely N-dealkylation sites (N-methyl/N-ethyl adjacent to an activating group) is 1. The van der Waals surface area contributed by atoms with Gasteiger partial charge in [-0.05, 0) is 63.6 Å². The second-order valence-electron chi connectivity index (χ2n) is 10.7. The molecule has 2 atom stereocenters. The Bertz CT molecular complexity index is 1350. The van der Waals surface area contributed by atoms with Crippen LogP contribution in [0.15, 0.2) is 65.7 Å². The molecule has 1 unspecified atom stereocenters. The number of rotatable bonds is 11. The molecular weight excluding hydrogens is 532 g/mol. The van der Waals surface area contributed by atoms with Crippen molar-refractivity contribution in [1.82, 2.24) is 31.1 Å². The summed E-state index contributed by atoms with van der Waals surface area (Å²) in [5.41, 5.74) is 4.81. The van der Waals surface area contributed by atoms with E-state index in [4.69, 9.17) is 0 Å². The van der Waals surface area contributed by atoms with Crippen molar-refractivity contribution >= 4 is 27.7 Å². The number of benzene rings is 2. The van der Waals surface area contributed by atoms with Gasteiger partial charge in [-0.2, -0.15) is 4.72 Å². The SMILES string of the molecule is Cc1ccc(S(=O)(=O)N[C@@H](CC(=O)NC(C)(C)C)C(=O)NCCNC(=O)c2cccc(C3C=CNN3C)c2)cc1. The van der Waals surface area contributed by atoms with E-state index in [-0.39, 0.29) is 29.9 Å². The van der Waals surface area contributed by atoms with Crippen LogP contribution in [0.3, 0.4) is 0 Å². The van der Waals surface area contributed by atoms with Crippen LogP contribution in [0, 0.1) is 6.92 Å². The van der Waals surface area contributed by atoms with Gasteiger partial charge in [-0.25, -0.2) is 13.4 Å². The summed E-state index contributed by atoms with van der Waals surface area (Å²) in [5, 5.41) is 10.0. The molecule has 0 saturated heterocycles. The maximum Gasteiger partial charge on any atom is 0.251 e. The highest BCUT2D eigenvalue weighted by Crippen LogP contribution is 2.23. The van der Waals surface area contributed by atoms with E-state index in [1.54, 1.807) is 51.1 Å². The van der Waals surface area contributed by atoms with Crippen molar-refractivity contribution in [2.45, 2.75) is 56.6 Å². The van der Waals surface area contributed by atoms with Crippen molar-refractivity contribution in [2.75, 3.05) is 20.1 Å². The predicted octanol–water partition coefficient (Wildman–Crippen LogP) is 1.50. The number of hydrogen-bond donors (Lipinski definition) is 5. The highest BCUT2D eigenvalue weighted by molar-refractivity contribution is 7.89. The van der Waals surface area contributed by atoms with Crippen LogP contribution in [0.1, 0.15) is 54.7 Å². The van der Waals surface area contributed by atoms with E-state index >= 15 is 0 Å². The molecule has 1 aliphatic rings. The van der Waals surface area contributed by atoms with Crippen LogP contribution in [-0.2, 0) is 19.6 Å². The van der Waals surface area contributed by atoms with Gasteiger partial charge >= 0.3 is 0 Å². The summed E-state index contributed by atoms with van der Waals surface area (Å²) >= 11 is 0. The standard InChI is InChI=1S/C28H38N6O5S/c1-19-9-11-22(12-10-19)40(38,39)33-23(18-25(35)32-28(2,3)4)27(37)30-16-15-29-26(36)21-8-6-7-20(17-21)24-13-14-31-34(24)5/h6-14,17,23-24,31,33H,15-16,18H2,1-5H3,(H,29,36)(H,30,37)(H,32,35)/t23-,24?/m0/s1. The molecule has 0 aliphatic carbocycles. The lowest BCUT2D eigenvalue weighted by Gasteiger charge is -2.23. The molecule has 2 aromatic rings. The van der Waals surface area contributed by atoms with Crippen LogP contribution in [-0.4, -0.2) is 62.9 Å². The van der Waals surface area contributed by atoms with E-state index in [9.17, 15) is 22.8 Å².